The predicted octanol–water partition coefficient (Wildman–Crippen LogP) is 2.67. The molecule has 0 bridgehead atoms. The number of ether oxygens (including phenoxy) is 1. The Labute approximate surface area is 138 Å². The quantitative estimate of drug-likeness (QED) is 0.843. The molecule has 22 heavy (non-hydrogen) atoms. The third-order valence-electron chi connectivity index (χ3n) is 3.68. The number of rotatable bonds is 2. The third kappa shape index (κ3) is 2.97. The van der Waals surface area contributed by atoms with Crippen molar-refractivity contribution < 1.29 is 4.74 Å². The molecule has 1 unspecified atom stereocenters. The van der Waals surface area contributed by atoms with Gasteiger partial charge < -0.3 is 14.2 Å². The fourth-order valence-electron chi connectivity index (χ4n) is 2.46. The largest absolute Gasteiger partial charge is 0.370 e. The van der Waals surface area contributed by atoms with Crippen LogP contribution in [-0.2, 0) is 11.8 Å². The Morgan fingerprint density at radius 1 is 1.32 bits per heavy atom. The van der Waals surface area contributed by atoms with Crippen LogP contribution < -0.4 is 10.5 Å². The summed E-state index contributed by atoms with van der Waals surface area (Å²) < 4.78 is 7.32. The second-order valence-electron chi connectivity index (χ2n) is 5.15. The van der Waals surface area contributed by atoms with Crippen molar-refractivity contribution in [3.05, 3.63) is 56.6 Å². The summed E-state index contributed by atoms with van der Waals surface area (Å²) in [4.78, 5) is 18.3. The number of benzene rings is 1. The van der Waals surface area contributed by atoms with Crippen molar-refractivity contribution in [1.82, 2.24) is 9.55 Å². The molecule has 1 fully saturated rings. The lowest BCUT2D eigenvalue weighted by Gasteiger charge is -2.33. The Morgan fingerprint density at radius 3 is 2.91 bits per heavy atom. The van der Waals surface area contributed by atoms with Crippen molar-refractivity contribution in [2.45, 2.75) is 6.10 Å². The summed E-state index contributed by atoms with van der Waals surface area (Å²) in [6, 6.07) is 5.44. The van der Waals surface area contributed by atoms with E-state index in [1.165, 1.54) is 4.57 Å². The zero-order chi connectivity index (χ0) is 15.7. The first-order chi connectivity index (χ1) is 10.6. The summed E-state index contributed by atoms with van der Waals surface area (Å²) in [7, 11) is 1.71. The normalized spacial score (nSPS) is 18.5. The average Bonchev–Trinajstić information content (AvgIpc) is 2.53. The Bertz CT molecular complexity index is 748. The molecule has 0 radical (unpaired) electrons. The van der Waals surface area contributed by atoms with Crippen molar-refractivity contribution in [2.24, 2.45) is 7.05 Å². The SMILES string of the molecule is Cn1ccnc(N2CCOC(c3ccc(Cl)c(Cl)c3)C2)c1=O. The second kappa shape index (κ2) is 6.28. The Kier molecular flexibility index (Phi) is 4.38. The Balaban J connectivity index is 1.86. The number of aromatic nitrogens is 2. The summed E-state index contributed by atoms with van der Waals surface area (Å²) in [5.74, 6) is 0.443. The number of aryl methyl sites for hydroxylation is 1. The minimum absolute atomic E-state index is 0.114. The van der Waals surface area contributed by atoms with E-state index in [0.717, 1.165) is 5.56 Å². The molecule has 5 nitrogen and oxygen atoms in total. The van der Waals surface area contributed by atoms with Crippen LogP contribution in [0.3, 0.4) is 0 Å². The fraction of sp³-hybridized carbons (Fsp3) is 0.333. The first-order valence-electron chi connectivity index (χ1n) is 6.89. The lowest BCUT2D eigenvalue weighted by Crippen LogP contribution is -2.42. The highest BCUT2D eigenvalue weighted by Gasteiger charge is 2.25. The van der Waals surface area contributed by atoms with Crippen molar-refractivity contribution >= 4 is 29.0 Å². The number of nitrogens with zero attached hydrogens (tertiary/aromatic N) is 3. The van der Waals surface area contributed by atoms with E-state index in [9.17, 15) is 4.79 Å². The fourth-order valence-corrected chi connectivity index (χ4v) is 2.76. The zero-order valence-corrected chi connectivity index (χ0v) is 13.5. The monoisotopic (exact) mass is 339 g/mol. The van der Waals surface area contributed by atoms with Crippen molar-refractivity contribution in [3.63, 3.8) is 0 Å². The lowest BCUT2D eigenvalue weighted by atomic mass is 10.1. The van der Waals surface area contributed by atoms with Gasteiger partial charge in [0.2, 0.25) is 0 Å². The van der Waals surface area contributed by atoms with E-state index in [1.54, 1.807) is 31.6 Å². The number of hydrogen-bond donors (Lipinski definition) is 0. The van der Waals surface area contributed by atoms with Gasteiger partial charge in [0.15, 0.2) is 5.82 Å². The second-order valence-corrected chi connectivity index (χ2v) is 5.96. The van der Waals surface area contributed by atoms with Crippen LogP contribution in [0.4, 0.5) is 5.82 Å². The molecule has 116 valence electrons. The molecule has 0 spiro atoms. The minimum atomic E-state index is -0.171. The third-order valence-corrected chi connectivity index (χ3v) is 4.42. The van der Waals surface area contributed by atoms with E-state index >= 15 is 0 Å². The summed E-state index contributed by atoms with van der Waals surface area (Å²) in [5.41, 5.74) is 0.823. The highest BCUT2D eigenvalue weighted by molar-refractivity contribution is 6.42. The Morgan fingerprint density at radius 2 is 2.14 bits per heavy atom. The lowest BCUT2D eigenvalue weighted by molar-refractivity contribution is 0.0394. The molecule has 1 aromatic carbocycles. The van der Waals surface area contributed by atoms with Crippen molar-refractivity contribution in [2.75, 3.05) is 24.6 Å². The summed E-state index contributed by atoms with van der Waals surface area (Å²) in [6.45, 7) is 1.69. The molecule has 1 aromatic heterocycles. The molecule has 0 saturated carbocycles. The minimum Gasteiger partial charge on any atom is -0.370 e. The molecular weight excluding hydrogens is 325 g/mol. The smallest absolute Gasteiger partial charge is 0.293 e. The maximum Gasteiger partial charge on any atom is 0.293 e. The number of hydrogen-bond acceptors (Lipinski definition) is 4. The van der Waals surface area contributed by atoms with Crippen LogP contribution in [0.1, 0.15) is 11.7 Å². The highest BCUT2D eigenvalue weighted by atomic mass is 35.5. The van der Waals surface area contributed by atoms with Crippen LogP contribution in [0.25, 0.3) is 0 Å². The molecule has 1 saturated heterocycles. The number of halogens is 2. The average molecular weight is 340 g/mol. The van der Waals surface area contributed by atoms with Gasteiger partial charge in [-0.3, -0.25) is 4.79 Å². The van der Waals surface area contributed by atoms with Crippen molar-refractivity contribution in [3.8, 4) is 0 Å². The van der Waals surface area contributed by atoms with Crippen LogP contribution in [0.15, 0.2) is 35.4 Å². The van der Waals surface area contributed by atoms with E-state index in [1.807, 2.05) is 11.0 Å². The van der Waals surface area contributed by atoms with Crippen LogP contribution >= 0.6 is 23.2 Å². The van der Waals surface area contributed by atoms with Gasteiger partial charge in [0, 0.05) is 26.0 Å². The molecular formula is C15H15Cl2N3O2. The van der Waals surface area contributed by atoms with Crippen LogP contribution in [0.5, 0.6) is 0 Å². The molecule has 1 aliphatic rings. The number of morpholine rings is 1. The summed E-state index contributed by atoms with van der Waals surface area (Å²) in [6.07, 6.45) is 3.10. The first kappa shape index (κ1) is 15.3. The first-order valence-corrected chi connectivity index (χ1v) is 7.65. The van der Waals surface area contributed by atoms with Gasteiger partial charge in [-0.1, -0.05) is 29.3 Å². The summed E-state index contributed by atoms with van der Waals surface area (Å²) in [5, 5.41) is 1.00. The molecule has 7 heteroatoms. The molecule has 0 N–H and O–H groups in total. The molecule has 3 rings (SSSR count). The molecule has 2 heterocycles. The van der Waals surface area contributed by atoms with Gasteiger partial charge in [-0.05, 0) is 17.7 Å². The van der Waals surface area contributed by atoms with Gasteiger partial charge in [-0.25, -0.2) is 4.98 Å². The Hall–Kier alpha value is -1.56. The zero-order valence-electron chi connectivity index (χ0n) is 12.0. The van der Waals surface area contributed by atoms with Gasteiger partial charge in [-0.2, -0.15) is 0 Å². The molecule has 2 aromatic rings. The van der Waals surface area contributed by atoms with Gasteiger partial charge in [0.25, 0.3) is 5.56 Å². The predicted molar refractivity (Wildman–Crippen MR) is 86.8 cm³/mol. The number of anilines is 1. The van der Waals surface area contributed by atoms with Crippen LogP contribution in [0, 0.1) is 0 Å². The standard InChI is InChI=1S/C15H15Cl2N3O2/c1-19-5-4-18-14(15(19)21)20-6-7-22-13(9-20)10-2-3-11(16)12(17)8-10/h2-5,8,13H,6-7,9H2,1H3. The van der Waals surface area contributed by atoms with E-state index in [-0.39, 0.29) is 11.7 Å². The molecule has 0 aliphatic carbocycles. The molecule has 0 amide bonds. The van der Waals surface area contributed by atoms with E-state index in [2.05, 4.69) is 4.98 Å². The topological polar surface area (TPSA) is 47.4 Å². The van der Waals surface area contributed by atoms with Gasteiger partial charge >= 0.3 is 0 Å². The summed E-state index contributed by atoms with van der Waals surface area (Å²) >= 11 is 12.0. The van der Waals surface area contributed by atoms with Crippen molar-refractivity contribution in [1.29, 1.82) is 0 Å². The van der Waals surface area contributed by atoms with E-state index in [0.29, 0.717) is 35.6 Å². The maximum atomic E-state index is 12.2. The van der Waals surface area contributed by atoms with Crippen LogP contribution in [0.2, 0.25) is 10.0 Å². The molecule has 1 atom stereocenters. The van der Waals surface area contributed by atoms with Gasteiger partial charge in [0.1, 0.15) is 6.10 Å². The van der Waals surface area contributed by atoms with Crippen LogP contribution in [-0.4, -0.2) is 29.2 Å². The van der Waals surface area contributed by atoms with Gasteiger partial charge in [-0.15, -0.1) is 0 Å². The van der Waals surface area contributed by atoms with E-state index in [4.69, 9.17) is 27.9 Å². The van der Waals surface area contributed by atoms with E-state index < -0.39 is 0 Å². The highest BCUT2D eigenvalue weighted by Crippen LogP contribution is 2.29. The van der Waals surface area contributed by atoms with Gasteiger partial charge in [0.05, 0.1) is 23.2 Å². The molecule has 1 aliphatic heterocycles. The maximum absolute atomic E-state index is 12.2.